The van der Waals surface area contributed by atoms with Gasteiger partial charge in [0.25, 0.3) is 0 Å². The van der Waals surface area contributed by atoms with Crippen molar-refractivity contribution < 1.29 is 14.4 Å². The van der Waals surface area contributed by atoms with Crippen molar-refractivity contribution in [2.45, 2.75) is 39.4 Å². The van der Waals surface area contributed by atoms with E-state index in [1.54, 1.807) is 0 Å². The first-order chi connectivity index (χ1) is 9.52. The number of hydrogen-bond donors (Lipinski definition) is 2. The number of anilines is 1. The van der Waals surface area contributed by atoms with Crippen LogP contribution in [0.25, 0.3) is 0 Å². The number of carbonyl (C=O) groups is 1. The molecule has 1 amide bonds. The van der Waals surface area contributed by atoms with Crippen LogP contribution in [0.15, 0.2) is 24.3 Å². The Morgan fingerprint density at radius 1 is 1.25 bits per heavy atom. The molecule has 2 N–H and O–H groups in total. The van der Waals surface area contributed by atoms with Crippen LogP contribution in [0.5, 0.6) is 0 Å². The molecule has 0 aliphatic carbocycles. The lowest BCUT2D eigenvalue weighted by Gasteiger charge is -2.32. The number of carbonyl (C=O) groups excluding carboxylic acids is 1. The Hall–Kier alpha value is -1.39. The summed E-state index contributed by atoms with van der Waals surface area (Å²) in [7, 11) is 0. The number of nitrogens with one attached hydrogen (secondary N) is 2. The van der Waals surface area contributed by atoms with Crippen molar-refractivity contribution >= 4 is 11.6 Å². The molecule has 2 atom stereocenters. The van der Waals surface area contributed by atoms with Gasteiger partial charge in [-0.05, 0) is 32.9 Å². The molecule has 0 bridgehead atoms. The van der Waals surface area contributed by atoms with Crippen LogP contribution in [-0.4, -0.2) is 37.7 Å². The maximum absolute atomic E-state index is 11.9. The minimum absolute atomic E-state index is 0.0909. The number of hydrogen-bond acceptors (Lipinski definition) is 2. The monoisotopic (exact) mass is 277 g/mol. The van der Waals surface area contributed by atoms with Crippen LogP contribution < -0.4 is 10.2 Å². The second kappa shape index (κ2) is 6.86. The van der Waals surface area contributed by atoms with E-state index < -0.39 is 0 Å². The van der Waals surface area contributed by atoms with Crippen molar-refractivity contribution in [2.75, 3.05) is 25.0 Å². The quantitative estimate of drug-likeness (QED) is 0.863. The predicted octanol–water partition coefficient (Wildman–Crippen LogP) is 1.02. The number of amides is 1. The Morgan fingerprint density at radius 2 is 1.85 bits per heavy atom. The van der Waals surface area contributed by atoms with Gasteiger partial charge in [0.05, 0.1) is 13.0 Å². The first-order valence-electron chi connectivity index (χ1n) is 7.38. The maximum Gasteiger partial charge on any atom is 0.230 e. The minimum Gasteiger partial charge on any atom is -0.364 e. The number of rotatable bonds is 4. The van der Waals surface area contributed by atoms with Gasteiger partial charge < -0.3 is 15.0 Å². The molecule has 1 aromatic carbocycles. The fraction of sp³-hybridized carbons (Fsp3) is 0.562. The molecule has 1 saturated heterocycles. The number of benzene rings is 1. The number of quaternary nitrogens is 1. The number of ether oxygens (including phenoxy) is 1. The van der Waals surface area contributed by atoms with Crippen LogP contribution in [0.3, 0.4) is 0 Å². The zero-order chi connectivity index (χ0) is 14.5. The lowest BCUT2D eigenvalue weighted by Crippen LogP contribution is -3.15. The van der Waals surface area contributed by atoms with E-state index >= 15 is 0 Å². The van der Waals surface area contributed by atoms with Gasteiger partial charge in [-0.15, -0.1) is 0 Å². The Kier molecular flexibility index (Phi) is 5.15. The molecule has 1 heterocycles. The normalized spacial score (nSPS) is 26.2. The SMILES string of the molecule is Cc1ccc(NC(=O)CC[NH+]2C[C@H](C)O[C@@H](C)C2)cc1. The van der Waals surface area contributed by atoms with Crippen molar-refractivity contribution in [2.24, 2.45) is 0 Å². The van der Waals surface area contributed by atoms with E-state index in [9.17, 15) is 4.79 Å². The molecule has 20 heavy (non-hydrogen) atoms. The molecule has 0 spiro atoms. The first kappa shape index (κ1) is 15.0. The Morgan fingerprint density at radius 3 is 2.45 bits per heavy atom. The van der Waals surface area contributed by atoms with Crippen molar-refractivity contribution in [1.82, 2.24) is 0 Å². The van der Waals surface area contributed by atoms with Crippen LogP contribution in [0.4, 0.5) is 5.69 Å². The van der Waals surface area contributed by atoms with Gasteiger partial charge in [0.15, 0.2) is 0 Å². The topological polar surface area (TPSA) is 42.8 Å². The summed E-state index contributed by atoms with van der Waals surface area (Å²) >= 11 is 0. The summed E-state index contributed by atoms with van der Waals surface area (Å²) in [5, 5.41) is 2.95. The Balaban J connectivity index is 1.76. The summed E-state index contributed by atoms with van der Waals surface area (Å²) in [6.07, 6.45) is 1.13. The predicted molar refractivity (Wildman–Crippen MR) is 80.0 cm³/mol. The zero-order valence-electron chi connectivity index (χ0n) is 12.6. The minimum atomic E-state index is 0.0909. The highest BCUT2D eigenvalue weighted by molar-refractivity contribution is 5.90. The smallest absolute Gasteiger partial charge is 0.230 e. The summed E-state index contributed by atoms with van der Waals surface area (Å²) in [5.74, 6) is 0.0909. The molecule has 1 aliphatic heterocycles. The van der Waals surface area contributed by atoms with Crippen molar-refractivity contribution in [3.63, 3.8) is 0 Å². The summed E-state index contributed by atoms with van der Waals surface area (Å²) in [4.78, 5) is 13.4. The third-order valence-corrected chi connectivity index (χ3v) is 3.66. The van der Waals surface area contributed by atoms with Crippen LogP contribution in [0.1, 0.15) is 25.8 Å². The molecule has 0 unspecified atom stereocenters. The lowest BCUT2D eigenvalue weighted by molar-refractivity contribution is -0.914. The zero-order valence-corrected chi connectivity index (χ0v) is 12.6. The van der Waals surface area contributed by atoms with E-state index in [0.717, 1.165) is 25.3 Å². The van der Waals surface area contributed by atoms with E-state index in [4.69, 9.17) is 4.74 Å². The van der Waals surface area contributed by atoms with Crippen LogP contribution >= 0.6 is 0 Å². The molecule has 4 heteroatoms. The Labute approximate surface area is 121 Å². The molecular formula is C16H25N2O2+. The highest BCUT2D eigenvalue weighted by Crippen LogP contribution is 2.08. The van der Waals surface area contributed by atoms with Gasteiger partial charge in [-0.2, -0.15) is 0 Å². The van der Waals surface area contributed by atoms with Crippen LogP contribution in [0.2, 0.25) is 0 Å². The van der Waals surface area contributed by atoms with Gasteiger partial charge >= 0.3 is 0 Å². The van der Waals surface area contributed by atoms with Gasteiger partial charge in [0.2, 0.25) is 5.91 Å². The molecule has 2 rings (SSSR count). The third kappa shape index (κ3) is 4.62. The summed E-state index contributed by atoms with van der Waals surface area (Å²) in [6, 6.07) is 7.90. The van der Waals surface area contributed by atoms with E-state index in [-0.39, 0.29) is 18.1 Å². The van der Waals surface area contributed by atoms with Gasteiger partial charge in [-0.3, -0.25) is 4.79 Å². The molecule has 1 aromatic rings. The van der Waals surface area contributed by atoms with Gasteiger partial charge in [0.1, 0.15) is 25.3 Å². The van der Waals surface area contributed by atoms with Gasteiger partial charge in [-0.25, -0.2) is 0 Å². The van der Waals surface area contributed by atoms with E-state index in [2.05, 4.69) is 19.2 Å². The third-order valence-electron chi connectivity index (χ3n) is 3.66. The molecule has 4 nitrogen and oxygen atoms in total. The average Bonchev–Trinajstić information content (AvgIpc) is 2.38. The molecule has 110 valence electrons. The average molecular weight is 277 g/mol. The fourth-order valence-corrected chi connectivity index (χ4v) is 2.74. The summed E-state index contributed by atoms with van der Waals surface area (Å²) in [6.45, 7) is 9.08. The van der Waals surface area contributed by atoms with E-state index in [1.165, 1.54) is 10.5 Å². The molecule has 1 fully saturated rings. The number of morpholine rings is 1. The molecular weight excluding hydrogens is 252 g/mol. The second-order valence-electron chi connectivity index (χ2n) is 5.83. The van der Waals surface area contributed by atoms with E-state index in [0.29, 0.717) is 6.42 Å². The van der Waals surface area contributed by atoms with E-state index in [1.807, 2.05) is 31.2 Å². The highest BCUT2D eigenvalue weighted by Gasteiger charge is 2.25. The second-order valence-corrected chi connectivity index (χ2v) is 5.83. The largest absolute Gasteiger partial charge is 0.364 e. The molecule has 0 saturated carbocycles. The van der Waals surface area contributed by atoms with Crippen molar-refractivity contribution in [3.05, 3.63) is 29.8 Å². The van der Waals surface area contributed by atoms with Crippen LogP contribution in [-0.2, 0) is 9.53 Å². The first-order valence-corrected chi connectivity index (χ1v) is 7.38. The van der Waals surface area contributed by atoms with Gasteiger partial charge in [-0.1, -0.05) is 17.7 Å². The summed E-state index contributed by atoms with van der Waals surface area (Å²) in [5.41, 5.74) is 2.07. The van der Waals surface area contributed by atoms with Crippen LogP contribution in [0, 0.1) is 6.92 Å². The fourth-order valence-electron chi connectivity index (χ4n) is 2.74. The molecule has 1 aliphatic rings. The molecule has 0 radical (unpaired) electrons. The summed E-state index contributed by atoms with van der Waals surface area (Å²) < 4.78 is 5.71. The number of aryl methyl sites for hydroxylation is 1. The Bertz CT molecular complexity index is 434. The van der Waals surface area contributed by atoms with Gasteiger partial charge in [0, 0.05) is 5.69 Å². The lowest BCUT2D eigenvalue weighted by atomic mass is 10.2. The van der Waals surface area contributed by atoms with Crippen molar-refractivity contribution in [1.29, 1.82) is 0 Å². The standard InChI is InChI=1S/C16H24N2O2/c1-12-4-6-15(7-5-12)17-16(19)8-9-18-10-13(2)20-14(3)11-18/h4-7,13-14H,8-11H2,1-3H3,(H,17,19)/p+1/t13-,14-/m0/s1. The maximum atomic E-state index is 11.9. The molecule has 0 aromatic heterocycles. The van der Waals surface area contributed by atoms with Crippen molar-refractivity contribution in [3.8, 4) is 0 Å². The highest BCUT2D eigenvalue weighted by atomic mass is 16.5.